The molecule has 1 aliphatic rings. The summed E-state index contributed by atoms with van der Waals surface area (Å²) in [4.78, 5) is 31.7. The number of halogens is 2. The highest BCUT2D eigenvalue weighted by atomic mass is 35.5. The van der Waals surface area contributed by atoms with E-state index >= 15 is 0 Å². The van der Waals surface area contributed by atoms with Crippen LogP contribution in [0.5, 0.6) is 0 Å². The fourth-order valence-electron chi connectivity index (χ4n) is 2.95. The molecule has 30 heavy (non-hydrogen) atoms. The van der Waals surface area contributed by atoms with Crippen molar-refractivity contribution in [2.45, 2.75) is 0 Å². The van der Waals surface area contributed by atoms with Gasteiger partial charge in [-0.3, -0.25) is 14.8 Å². The molecule has 0 saturated carbocycles. The highest BCUT2D eigenvalue weighted by Gasteiger charge is 2.19. The van der Waals surface area contributed by atoms with Gasteiger partial charge in [-0.2, -0.15) is 0 Å². The smallest absolute Gasteiger partial charge is 0.267 e. The Hall–Kier alpha value is -3.23. The van der Waals surface area contributed by atoms with Crippen molar-refractivity contribution < 1.29 is 19.2 Å². The third kappa shape index (κ3) is 6.40. The minimum Gasteiger partial charge on any atom is -0.368 e. The maximum Gasteiger partial charge on any atom is 0.267 e. The SMILES string of the molecule is Cl.O=C(/C=C/c1cccc(/C=C/C(=O)N2CCN(c3ccc(F)cc3)CC2)n1)NO. The average Bonchev–Trinajstić information content (AvgIpc) is 2.76. The van der Waals surface area contributed by atoms with Gasteiger partial charge in [-0.25, -0.2) is 14.9 Å². The first kappa shape index (κ1) is 23.1. The fraction of sp³-hybridized carbons (Fsp3) is 0.190. The van der Waals surface area contributed by atoms with Crippen LogP contribution in [0.3, 0.4) is 0 Å². The lowest BCUT2D eigenvalue weighted by molar-refractivity contribution is -0.126. The Morgan fingerprint density at radius 3 is 2.17 bits per heavy atom. The van der Waals surface area contributed by atoms with Gasteiger partial charge in [-0.1, -0.05) is 6.07 Å². The molecule has 2 heterocycles. The van der Waals surface area contributed by atoms with E-state index in [9.17, 15) is 14.0 Å². The minimum atomic E-state index is -0.650. The lowest BCUT2D eigenvalue weighted by Crippen LogP contribution is -2.48. The number of piperazine rings is 1. The summed E-state index contributed by atoms with van der Waals surface area (Å²) in [5, 5.41) is 8.49. The number of pyridine rings is 1. The highest BCUT2D eigenvalue weighted by Crippen LogP contribution is 2.17. The molecule has 0 aliphatic carbocycles. The van der Waals surface area contributed by atoms with Crippen molar-refractivity contribution >= 4 is 42.1 Å². The van der Waals surface area contributed by atoms with Gasteiger partial charge in [0.25, 0.3) is 5.91 Å². The lowest BCUT2D eigenvalue weighted by atomic mass is 10.2. The molecular weight excluding hydrogens is 411 g/mol. The molecule has 2 aromatic rings. The summed E-state index contributed by atoms with van der Waals surface area (Å²) < 4.78 is 13.1. The first-order valence-electron chi connectivity index (χ1n) is 9.12. The molecule has 3 rings (SSSR count). The Kier molecular flexibility index (Phi) is 8.52. The number of anilines is 1. The van der Waals surface area contributed by atoms with E-state index in [1.54, 1.807) is 41.3 Å². The third-order valence-electron chi connectivity index (χ3n) is 4.49. The summed E-state index contributed by atoms with van der Waals surface area (Å²) in [6, 6.07) is 11.6. The normalized spacial score (nSPS) is 14.1. The topological polar surface area (TPSA) is 85.8 Å². The van der Waals surface area contributed by atoms with E-state index in [0.717, 1.165) is 11.8 Å². The number of benzene rings is 1. The number of rotatable bonds is 5. The molecule has 0 radical (unpaired) electrons. The van der Waals surface area contributed by atoms with Gasteiger partial charge in [0.15, 0.2) is 0 Å². The van der Waals surface area contributed by atoms with Crippen LogP contribution in [-0.2, 0) is 9.59 Å². The minimum absolute atomic E-state index is 0. The Bertz CT molecular complexity index is 926. The number of nitrogens with one attached hydrogen (secondary N) is 1. The van der Waals surface area contributed by atoms with Crippen LogP contribution in [0.4, 0.5) is 10.1 Å². The molecule has 1 fully saturated rings. The molecule has 2 amide bonds. The van der Waals surface area contributed by atoms with Crippen molar-refractivity contribution in [3.8, 4) is 0 Å². The van der Waals surface area contributed by atoms with Crippen LogP contribution in [-0.4, -0.2) is 53.1 Å². The standard InChI is InChI=1S/C21H21FN4O3.ClH/c22-16-4-8-19(9-5-16)25-12-14-26(15-13-25)21(28)11-7-18-3-1-2-17(23-18)6-10-20(27)24-29;/h1-11,29H,12-15H2,(H,24,27);1H/b10-6+,11-7+;. The molecule has 158 valence electrons. The predicted molar refractivity (Wildman–Crippen MR) is 115 cm³/mol. The van der Waals surface area contributed by atoms with Crippen LogP contribution in [0.15, 0.2) is 54.6 Å². The third-order valence-corrected chi connectivity index (χ3v) is 4.49. The Morgan fingerprint density at radius 1 is 0.967 bits per heavy atom. The average molecular weight is 433 g/mol. The van der Waals surface area contributed by atoms with E-state index in [-0.39, 0.29) is 24.1 Å². The first-order chi connectivity index (χ1) is 14.0. The zero-order chi connectivity index (χ0) is 20.6. The fourth-order valence-corrected chi connectivity index (χ4v) is 2.95. The van der Waals surface area contributed by atoms with Gasteiger partial charge in [0.2, 0.25) is 5.91 Å². The summed E-state index contributed by atoms with van der Waals surface area (Å²) in [6.45, 7) is 2.51. The van der Waals surface area contributed by atoms with Gasteiger partial charge in [0, 0.05) is 44.0 Å². The zero-order valence-electron chi connectivity index (χ0n) is 16.1. The van der Waals surface area contributed by atoms with Crippen molar-refractivity contribution in [3.05, 3.63) is 71.8 Å². The maximum absolute atomic E-state index is 13.1. The number of carbonyl (C=O) groups is 2. The van der Waals surface area contributed by atoms with E-state index < -0.39 is 5.91 Å². The van der Waals surface area contributed by atoms with Crippen molar-refractivity contribution in [1.82, 2.24) is 15.4 Å². The number of carbonyl (C=O) groups excluding carboxylic acids is 2. The monoisotopic (exact) mass is 432 g/mol. The predicted octanol–water partition coefficient (Wildman–Crippen LogP) is 2.52. The molecule has 1 saturated heterocycles. The van der Waals surface area contributed by atoms with E-state index in [1.165, 1.54) is 29.8 Å². The Morgan fingerprint density at radius 2 is 1.57 bits per heavy atom. The molecule has 9 heteroatoms. The molecular formula is C21H22ClFN4O3. The van der Waals surface area contributed by atoms with Crippen LogP contribution in [0.2, 0.25) is 0 Å². The number of hydroxylamine groups is 1. The molecule has 1 aromatic carbocycles. The van der Waals surface area contributed by atoms with Crippen LogP contribution < -0.4 is 10.4 Å². The van der Waals surface area contributed by atoms with Crippen molar-refractivity contribution in [2.75, 3.05) is 31.1 Å². The van der Waals surface area contributed by atoms with Crippen LogP contribution in [0, 0.1) is 5.82 Å². The molecule has 7 nitrogen and oxygen atoms in total. The Labute approximate surface area is 179 Å². The molecule has 0 spiro atoms. The first-order valence-corrected chi connectivity index (χ1v) is 9.12. The lowest BCUT2D eigenvalue weighted by Gasteiger charge is -2.35. The molecule has 2 N–H and O–H groups in total. The van der Waals surface area contributed by atoms with Gasteiger partial charge >= 0.3 is 0 Å². The summed E-state index contributed by atoms with van der Waals surface area (Å²) in [5.74, 6) is -1.02. The molecule has 0 atom stereocenters. The summed E-state index contributed by atoms with van der Waals surface area (Å²) >= 11 is 0. The quantitative estimate of drug-likeness (QED) is 0.431. The number of hydrogen-bond acceptors (Lipinski definition) is 5. The largest absolute Gasteiger partial charge is 0.368 e. The molecule has 0 unspecified atom stereocenters. The van der Waals surface area contributed by atoms with Gasteiger partial charge in [0.1, 0.15) is 5.82 Å². The van der Waals surface area contributed by atoms with Crippen molar-refractivity contribution in [2.24, 2.45) is 0 Å². The van der Waals surface area contributed by atoms with Crippen LogP contribution in [0.25, 0.3) is 12.2 Å². The number of aromatic nitrogens is 1. The second-order valence-electron chi connectivity index (χ2n) is 6.42. The van der Waals surface area contributed by atoms with Gasteiger partial charge < -0.3 is 9.80 Å². The van der Waals surface area contributed by atoms with Crippen molar-refractivity contribution in [1.29, 1.82) is 0 Å². The highest BCUT2D eigenvalue weighted by molar-refractivity contribution is 5.92. The van der Waals surface area contributed by atoms with E-state index in [4.69, 9.17) is 5.21 Å². The number of nitrogens with zero attached hydrogens (tertiary/aromatic N) is 3. The Balaban J connectivity index is 0.00000320. The van der Waals surface area contributed by atoms with Gasteiger partial charge in [-0.05, 0) is 48.6 Å². The number of hydrogen-bond donors (Lipinski definition) is 2. The van der Waals surface area contributed by atoms with Gasteiger partial charge in [0.05, 0.1) is 11.4 Å². The summed E-state index contributed by atoms with van der Waals surface area (Å²) in [5.41, 5.74) is 3.55. The zero-order valence-corrected chi connectivity index (χ0v) is 16.9. The summed E-state index contributed by atoms with van der Waals surface area (Å²) in [7, 11) is 0. The molecule has 0 bridgehead atoms. The van der Waals surface area contributed by atoms with E-state index in [1.807, 2.05) is 0 Å². The van der Waals surface area contributed by atoms with Crippen molar-refractivity contribution in [3.63, 3.8) is 0 Å². The second kappa shape index (κ2) is 11.1. The van der Waals surface area contributed by atoms with Gasteiger partial charge in [-0.15, -0.1) is 12.4 Å². The maximum atomic E-state index is 13.1. The number of amides is 2. The summed E-state index contributed by atoms with van der Waals surface area (Å²) in [6.07, 6.45) is 5.71. The second-order valence-corrected chi connectivity index (χ2v) is 6.42. The van der Waals surface area contributed by atoms with E-state index in [0.29, 0.717) is 37.6 Å². The van der Waals surface area contributed by atoms with Crippen LogP contribution in [0.1, 0.15) is 11.4 Å². The molecule has 1 aromatic heterocycles. The molecule has 1 aliphatic heterocycles. The van der Waals surface area contributed by atoms with E-state index in [2.05, 4.69) is 9.88 Å². The van der Waals surface area contributed by atoms with Crippen LogP contribution >= 0.6 is 12.4 Å².